The van der Waals surface area contributed by atoms with Gasteiger partial charge in [-0.1, -0.05) is 118 Å². The standard InChI is InChI=1S/2C35H37FN2O7.C21H27FO6.C19H20N2O4.CH4/c2*1-32-13-12-24(40)14-21(32)10-11-25-26-16-29-35(28(42)18-39,33(26,2)17-27(41)34(25,32)36)45-31(44-29)20-8-6-19(7-9-20)30(43)38-23-5-3-4-22(37)15-23;1-18-6-5-12(24)7-11(18)3-4-13-14-8-15(25)21(28,17(27)10-23)19(14,2)9-16(26)20(13,18)22;1-19(2,3)25-18(24)21-16-6-4-5-15(11-16)20-17(23)14-9-7-13(12-22)8-10-14;/h2*3-9,12-15,25-27,29,31,39,41H,10-11,16-18,37H2,1-2H3,(H,38,43);5-7,13-16,23,25-26,28H,3-4,8-10H2,1-2H3;4-12H,1-3H3,(H,20,23)(H,21,24);1H4/t25-,26-,27-,29+,31+,32-,33-,34-,35+;25-,26-,27-,29+,31-,32-,33-,34-,35+;13-,14-,15+,16-,18-,19-,20-,21-;;/m000../s1. The second kappa shape index (κ2) is 38.1. The van der Waals surface area contributed by atoms with Crippen molar-refractivity contribution in [2.24, 2.45) is 68.0 Å². The number of aldehydes is 1. The number of hydrogen-bond donors (Lipinski definition) is 14. The van der Waals surface area contributed by atoms with Gasteiger partial charge in [0.25, 0.3) is 17.7 Å². The van der Waals surface area contributed by atoms with Crippen molar-refractivity contribution < 1.29 is 130 Å². The molecule has 0 spiro atoms. The molecule has 0 radical (unpaired) electrons. The molecule has 9 saturated carbocycles. The number of fused-ring (bicyclic) bond motifs is 19. The summed E-state index contributed by atoms with van der Waals surface area (Å²) < 4.78 is 83.0. The van der Waals surface area contributed by atoms with Gasteiger partial charge in [0.1, 0.15) is 31.7 Å². The number of ether oxygens (including phenoxy) is 5. The Kier molecular flexibility index (Phi) is 27.8. The van der Waals surface area contributed by atoms with Gasteiger partial charge in [-0.2, -0.15) is 0 Å². The molecule has 144 heavy (non-hydrogen) atoms. The maximum atomic E-state index is 17.5. The average molecular weight is 1980 g/mol. The largest absolute Gasteiger partial charge is 0.444 e. The van der Waals surface area contributed by atoms with E-state index in [4.69, 9.17) is 35.2 Å². The zero-order valence-corrected chi connectivity index (χ0v) is 80.7. The number of Topliss-reactive ketones (excluding diaryl/α,β-unsaturated/α-hetero) is 3. The first-order chi connectivity index (χ1) is 67.5. The highest BCUT2D eigenvalue weighted by Crippen LogP contribution is 2.76. The van der Waals surface area contributed by atoms with Gasteiger partial charge in [0.05, 0.1) is 36.6 Å². The number of halogens is 3. The number of alkyl halides is 3. The fourth-order valence-electron chi connectivity index (χ4n) is 27.5. The molecule has 26 atom stereocenters. The van der Waals surface area contributed by atoms with Crippen molar-refractivity contribution in [3.05, 3.63) is 250 Å². The van der Waals surface area contributed by atoms with Crippen molar-refractivity contribution >= 4 is 98.9 Å². The Morgan fingerprint density at radius 2 is 0.771 bits per heavy atom. The summed E-state index contributed by atoms with van der Waals surface area (Å²) >= 11 is 0. The molecule has 14 aliphatic rings. The number of ketones is 6. The predicted molar refractivity (Wildman–Crippen MR) is 525 cm³/mol. The van der Waals surface area contributed by atoms with Crippen LogP contribution >= 0.6 is 0 Å². The molecule has 0 unspecified atom stereocenters. The molecule has 30 nitrogen and oxygen atoms in total. The smallest absolute Gasteiger partial charge is 0.412 e. The second-order valence-corrected chi connectivity index (χ2v) is 43.0. The van der Waals surface area contributed by atoms with E-state index in [1.807, 2.05) is 13.8 Å². The summed E-state index contributed by atoms with van der Waals surface area (Å²) in [4.78, 5) is 136. The van der Waals surface area contributed by atoms with Crippen molar-refractivity contribution in [2.75, 3.05) is 52.6 Å². The van der Waals surface area contributed by atoms with Gasteiger partial charge in [0, 0.05) is 118 Å². The Hall–Kier alpha value is -12.0. The van der Waals surface area contributed by atoms with Crippen molar-refractivity contribution in [3.8, 4) is 0 Å². The number of aliphatic hydroxyl groups excluding tert-OH is 7. The van der Waals surface area contributed by atoms with Crippen molar-refractivity contribution in [3.63, 3.8) is 0 Å². The van der Waals surface area contributed by atoms with Crippen LogP contribution in [0.5, 0.6) is 0 Å². The molecule has 764 valence electrons. The molecule has 2 aliphatic heterocycles. The van der Waals surface area contributed by atoms with Crippen molar-refractivity contribution in [2.45, 2.75) is 235 Å². The van der Waals surface area contributed by atoms with Gasteiger partial charge in [-0.15, -0.1) is 0 Å². The molecule has 0 aromatic heterocycles. The number of carbonyl (C=O) groups is 11. The summed E-state index contributed by atoms with van der Waals surface area (Å²) in [7, 11) is 0. The van der Waals surface area contributed by atoms with Gasteiger partial charge in [-0.05, 0) is 264 Å². The quantitative estimate of drug-likeness (QED) is 0.0316. The first kappa shape index (κ1) is 105. The highest BCUT2D eigenvalue weighted by atomic mass is 19.2. The molecule has 0 bridgehead atoms. The number of benzene rings is 6. The third-order valence-corrected chi connectivity index (χ3v) is 34.6. The Bertz CT molecular complexity index is 6120. The van der Waals surface area contributed by atoms with Crippen LogP contribution in [0.3, 0.4) is 0 Å². The number of nitrogens with two attached hydrogens (primary N) is 2. The molecular weight excluding hydrogens is 1860 g/mol. The van der Waals surface area contributed by atoms with Crippen LogP contribution in [0.2, 0.25) is 0 Å². The topological polar surface area (TPSA) is 496 Å². The third kappa shape index (κ3) is 16.6. The number of rotatable bonds is 16. The van der Waals surface area contributed by atoms with E-state index in [0.29, 0.717) is 142 Å². The first-order valence-corrected chi connectivity index (χ1v) is 48.4. The molecule has 33 heteroatoms. The molecule has 12 aliphatic carbocycles. The summed E-state index contributed by atoms with van der Waals surface area (Å²) in [6.45, 7) is 13.2. The normalized spacial score (nSPS) is 36.9. The van der Waals surface area contributed by atoms with E-state index >= 15 is 13.2 Å². The molecule has 2 heterocycles. The lowest BCUT2D eigenvalue weighted by Gasteiger charge is -2.62. The van der Waals surface area contributed by atoms with E-state index in [1.54, 1.807) is 206 Å². The highest BCUT2D eigenvalue weighted by molar-refractivity contribution is 6.07. The maximum Gasteiger partial charge on any atom is 0.412 e. The van der Waals surface area contributed by atoms with Crippen LogP contribution in [-0.4, -0.2) is 202 Å². The lowest BCUT2D eigenvalue weighted by atomic mass is 9.44. The van der Waals surface area contributed by atoms with E-state index in [1.165, 1.54) is 42.5 Å². The summed E-state index contributed by atoms with van der Waals surface area (Å²) in [5, 5.41) is 96.8. The maximum absolute atomic E-state index is 17.5. The van der Waals surface area contributed by atoms with Crippen LogP contribution in [0.1, 0.15) is 212 Å². The molecule has 4 amide bonds. The van der Waals surface area contributed by atoms with Crippen LogP contribution < -0.4 is 32.7 Å². The van der Waals surface area contributed by atoms with Crippen molar-refractivity contribution in [1.29, 1.82) is 0 Å². The Morgan fingerprint density at radius 1 is 0.444 bits per heavy atom. The zero-order valence-electron chi connectivity index (χ0n) is 80.7. The molecular formula is C111H125F3N6O24. The molecule has 11 fully saturated rings. The fourth-order valence-corrected chi connectivity index (χ4v) is 27.5. The SMILES string of the molecule is C.CC(C)(C)OC(=O)Nc1cccc(NC(=O)c2ccc(C=O)cc2)c1.C[C@]12C=CC(=O)C=C1CC[C@H]1[C@@H]3C[C@@H](O)[C@](O)(C(=O)CO)[C@@]3(C)C[C@H](O)[C@@]12F.C[C@]12C=CC(=O)C=C1CC[C@H]1[C@@H]3C[C@H]4O[C@@H](c5ccc(C(=O)Nc6cccc(N)c6)cc5)O[C@@]4(C(=O)CO)[C@@]3(C)C[C@H](O)[C@@]12F.C[C@]12C=CC(=O)C=C1CC[C@H]1[C@@H]3C[C@H]4O[C@H](c5ccc(C(=O)Nc6cccc(N)c6)cc5)O[C@@]4(C(=O)CO)[C@@]3(C)C[C@H](O)[C@@]12F. The number of aliphatic hydroxyl groups is 8. The molecule has 6 aromatic carbocycles. The number of anilines is 6. The van der Waals surface area contributed by atoms with Crippen LogP contribution in [0.25, 0.3) is 0 Å². The predicted octanol–water partition coefficient (Wildman–Crippen LogP) is 13.8. The molecule has 6 aromatic rings. The van der Waals surface area contributed by atoms with Gasteiger partial charge in [-0.25, -0.2) is 18.0 Å². The van der Waals surface area contributed by atoms with E-state index in [2.05, 4.69) is 21.3 Å². The van der Waals surface area contributed by atoms with Crippen molar-refractivity contribution in [1.82, 2.24) is 0 Å². The van der Waals surface area contributed by atoms with Crippen LogP contribution in [0.15, 0.2) is 217 Å². The van der Waals surface area contributed by atoms with E-state index < -0.39 is 200 Å². The number of allylic oxidation sites excluding steroid dienone is 12. The van der Waals surface area contributed by atoms with Crippen LogP contribution in [-0.2, 0) is 52.5 Å². The lowest BCUT2D eigenvalue weighted by molar-refractivity contribution is -0.231. The van der Waals surface area contributed by atoms with Gasteiger partial charge in [0.2, 0.25) is 0 Å². The summed E-state index contributed by atoms with van der Waals surface area (Å²) in [5.74, 6) is -6.93. The first-order valence-electron chi connectivity index (χ1n) is 48.4. The summed E-state index contributed by atoms with van der Waals surface area (Å²) in [6, 6.07) is 40.0. The number of nitrogen functional groups attached to an aromatic ring is 2. The van der Waals surface area contributed by atoms with E-state index in [0.717, 1.165) is 0 Å². The Morgan fingerprint density at radius 3 is 1.11 bits per heavy atom. The third-order valence-electron chi connectivity index (χ3n) is 34.6. The molecule has 2 saturated heterocycles. The van der Waals surface area contributed by atoms with Gasteiger partial charge < -0.3 is 92.0 Å². The summed E-state index contributed by atoms with van der Waals surface area (Å²) in [5.41, 5.74) is 0.519. The van der Waals surface area contributed by atoms with E-state index in [9.17, 15) is 93.6 Å². The van der Waals surface area contributed by atoms with Crippen LogP contribution in [0, 0.1) is 68.0 Å². The van der Waals surface area contributed by atoms with Gasteiger partial charge in [0.15, 0.2) is 81.1 Å². The minimum atomic E-state index is -2.23. The monoisotopic (exact) mass is 1980 g/mol. The van der Waals surface area contributed by atoms with Gasteiger partial charge >= 0.3 is 6.09 Å². The average Bonchev–Trinajstić information content (AvgIpc) is 1.48. The Labute approximate surface area is 831 Å². The lowest BCUT2D eigenvalue weighted by Crippen LogP contribution is -2.69. The number of carbonyl (C=O) groups excluding carboxylic acids is 11. The second-order valence-electron chi connectivity index (χ2n) is 43.0. The van der Waals surface area contributed by atoms with Gasteiger partial charge in [-0.3, -0.25) is 53.3 Å². The molecule has 20 rings (SSSR count). The zero-order chi connectivity index (χ0) is 103. The molecule has 16 N–H and O–H groups in total. The highest BCUT2D eigenvalue weighted by Gasteiger charge is 2.83. The van der Waals surface area contributed by atoms with E-state index in [-0.39, 0.29) is 68.2 Å². The minimum absolute atomic E-state index is 0. The summed E-state index contributed by atoms with van der Waals surface area (Å²) in [6.07, 6.45) is 6.76. The Balaban J connectivity index is 0.000000142. The number of nitrogens with one attached hydrogen (secondary N) is 4. The minimum Gasteiger partial charge on any atom is -0.444 e. The number of hydrogen-bond acceptors (Lipinski definition) is 26. The number of amides is 4. The fraction of sp³-hybridized carbons (Fsp3) is 0.468. The van der Waals surface area contributed by atoms with Crippen LogP contribution in [0.4, 0.5) is 52.1 Å².